The van der Waals surface area contributed by atoms with Crippen LogP contribution in [0.4, 0.5) is 13.2 Å². The van der Waals surface area contributed by atoms with Crippen molar-refractivity contribution >= 4 is 12.4 Å². The molecule has 0 amide bonds. The van der Waals surface area contributed by atoms with E-state index in [1.807, 2.05) is 7.05 Å². The highest BCUT2D eigenvalue weighted by atomic mass is 35.5. The minimum Gasteiger partial charge on any atom is -0.334 e. The molecule has 0 spiro atoms. The summed E-state index contributed by atoms with van der Waals surface area (Å²) < 4.78 is 42.8. The molecular weight excluding hydrogens is 333 g/mol. The number of nitrogens with zero attached hydrogens (tertiary/aromatic N) is 3. The Bertz CT molecular complexity index is 644. The molecule has 1 atom stereocenters. The normalized spacial score (nSPS) is 19.4. The Hall–Kier alpha value is -1.64. The van der Waals surface area contributed by atoms with E-state index in [1.165, 1.54) is 12.1 Å². The average Bonchev–Trinajstić information content (AvgIpc) is 2.96. The lowest BCUT2D eigenvalue weighted by Crippen LogP contribution is -2.44. The molecule has 1 unspecified atom stereocenters. The maximum absolute atomic E-state index is 12.5. The number of nitrogens with one attached hydrogen (secondary N) is 1. The summed E-state index contributed by atoms with van der Waals surface area (Å²) in [6.45, 7) is 2.48. The lowest BCUT2D eigenvalue weighted by molar-refractivity contribution is -0.137. The Kier molecular flexibility index (Phi) is 5.28. The molecule has 9 heteroatoms. The van der Waals surface area contributed by atoms with E-state index in [0.29, 0.717) is 17.9 Å². The molecular formula is C14H16ClF3N4O. The van der Waals surface area contributed by atoms with Crippen LogP contribution in [0.1, 0.15) is 17.4 Å². The van der Waals surface area contributed by atoms with Gasteiger partial charge in [0.1, 0.15) is 0 Å². The number of likely N-dealkylation sites (N-methyl/N-ethyl adjacent to an activating group) is 1. The molecule has 1 saturated heterocycles. The van der Waals surface area contributed by atoms with E-state index < -0.39 is 11.7 Å². The van der Waals surface area contributed by atoms with Gasteiger partial charge in [-0.15, -0.1) is 12.4 Å². The first kappa shape index (κ1) is 17.7. The summed E-state index contributed by atoms with van der Waals surface area (Å²) in [6.07, 6.45) is -4.35. The van der Waals surface area contributed by atoms with Crippen molar-refractivity contribution in [3.8, 4) is 11.5 Å². The van der Waals surface area contributed by atoms with Crippen molar-refractivity contribution < 1.29 is 17.7 Å². The summed E-state index contributed by atoms with van der Waals surface area (Å²) in [5, 5.41) is 7.20. The molecule has 1 N–H and O–H groups in total. The second-order valence-electron chi connectivity index (χ2n) is 5.23. The van der Waals surface area contributed by atoms with Gasteiger partial charge < -0.3 is 9.84 Å². The second kappa shape index (κ2) is 6.86. The maximum atomic E-state index is 12.5. The largest absolute Gasteiger partial charge is 0.416 e. The molecule has 0 saturated carbocycles. The molecule has 126 valence electrons. The van der Waals surface area contributed by atoms with E-state index in [0.717, 1.165) is 25.2 Å². The van der Waals surface area contributed by atoms with Gasteiger partial charge in [-0.1, -0.05) is 5.16 Å². The number of alkyl halides is 3. The van der Waals surface area contributed by atoms with Crippen LogP contribution in [0.5, 0.6) is 0 Å². The molecule has 23 heavy (non-hydrogen) atoms. The summed E-state index contributed by atoms with van der Waals surface area (Å²) in [5.41, 5.74) is -0.231. The smallest absolute Gasteiger partial charge is 0.334 e. The first-order valence-electron chi connectivity index (χ1n) is 6.87. The van der Waals surface area contributed by atoms with E-state index >= 15 is 0 Å². The monoisotopic (exact) mass is 348 g/mol. The number of piperazine rings is 1. The van der Waals surface area contributed by atoms with E-state index in [-0.39, 0.29) is 24.3 Å². The van der Waals surface area contributed by atoms with E-state index in [1.54, 1.807) is 0 Å². The van der Waals surface area contributed by atoms with Gasteiger partial charge in [0.05, 0.1) is 11.6 Å². The average molecular weight is 349 g/mol. The minimum absolute atomic E-state index is 0. The van der Waals surface area contributed by atoms with Crippen molar-refractivity contribution in [2.24, 2.45) is 0 Å². The van der Waals surface area contributed by atoms with Crippen LogP contribution in [0.2, 0.25) is 0 Å². The van der Waals surface area contributed by atoms with Crippen LogP contribution in [-0.4, -0.2) is 41.7 Å². The third-order valence-corrected chi connectivity index (χ3v) is 3.71. The van der Waals surface area contributed by atoms with E-state index in [9.17, 15) is 13.2 Å². The Labute approximate surface area is 137 Å². The second-order valence-corrected chi connectivity index (χ2v) is 5.23. The van der Waals surface area contributed by atoms with Crippen LogP contribution in [0, 0.1) is 0 Å². The highest BCUT2D eigenvalue weighted by molar-refractivity contribution is 5.85. The molecule has 1 aromatic heterocycles. The van der Waals surface area contributed by atoms with Crippen LogP contribution in [0.25, 0.3) is 11.5 Å². The summed E-state index contributed by atoms with van der Waals surface area (Å²) in [6, 6.07) is 4.69. The zero-order chi connectivity index (χ0) is 15.7. The van der Waals surface area contributed by atoms with E-state index in [2.05, 4.69) is 20.4 Å². The fourth-order valence-electron chi connectivity index (χ4n) is 2.38. The van der Waals surface area contributed by atoms with Crippen molar-refractivity contribution in [1.82, 2.24) is 20.4 Å². The zero-order valence-corrected chi connectivity index (χ0v) is 13.1. The predicted molar refractivity (Wildman–Crippen MR) is 80.2 cm³/mol. The zero-order valence-electron chi connectivity index (χ0n) is 12.3. The van der Waals surface area contributed by atoms with Gasteiger partial charge in [0.25, 0.3) is 5.89 Å². The van der Waals surface area contributed by atoms with Crippen molar-refractivity contribution in [2.45, 2.75) is 12.2 Å². The van der Waals surface area contributed by atoms with Gasteiger partial charge >= 0.3 is 6.18 Å². The Morgan fingerprint density at radius 2 is 1.96 bits per heavy atom. The Morgan fingerprint density at radius 1 is 1.26 bits per heavy atom. The molecule has 3 rings (SSSR count). The quantitative estimate of drug-likeness (QED) is 0.904. The Morgan fingerprint density at radius 3 is 2.57 bits per heavy atom. The molecule has 1 aromatic carbocycles. The molecule has 0 aliphatic carbocycles. The number of hydrogen-bond acceptors (Lipinski definition) is 5. The molecule has 5 nitrogen and oxygen atoms in total. The summed E-state index contributed by atoms with van der Waals surface area (Å²) in [7, 11) is 1.97. The van der Waals surface area contributed by atoms with Gasteiger partial charge in [-0.3, -0.25) is 4.90 Å². The van der Waals surface area contributed by atoms with Crippen LogP contribution in [-0.2, 0) is 6.18 Å². The molecule has 1 aliphatic rings. The summed E-state index contributed by atoms with van der Waals surface area (Å²) in [4.78, 5) is 6.41. The predicted octanol–water partition coefficient (Wildman–Crippen LogP) is 2.75. The summed E-state index contributed by atoms with van der Waals surface area (Å²) >= 11 is 0. The van der Waals surface area contributed by atoms with Crippen molar-refractivity contribution in [1.29, 1.82) is 0 Å². The molecule has 0 radical (unpaired) electrons. The number of rotatable bonds is 2. The van der Waals surface area contributed by atoms with Gasteiger partial charge in [0.15, 0.2) is 5.82 Å². The fraction of sp³-hybridized carbons (Fsp3) is 0.429. The third-order valence-electron chi connectivity index (χ3n) is 3.71. The number of benzene rings is 1. The van der Waals surface area contributed by atoms with Crippen molar-refractivity contribution in [2.75, 3.05) is 26.7 Å². The van der Waals surface area contributed by atoms with Gasteiger partial charge in [0.2, 0.25) is 0 Å². The lowest BCUT2D eigenvalue weighted by atomic mass is 10.1. The molecule has 0 bridgehead atoms. The van der Waals surface area contributed by atoms with Gasteiger partial charge in [0, 0.05) is 25.2 Å². The minimum atomic E-state index is -4.35. The molecule has 2 heterocycles. The van der Waals surface area contributed by atoms with Crippen LogP contribution in [0.15, 0.2) is 28.8 Å². The Balaban J connectivity index is 0.00000192. The number of halogens is 4. The fourth-order valence-corrected chi connectivity index (χ4v) is 2.38. The topological polar surface area (TPSA) is 54.2 Å². The van der Waals surface area contributed by atoms with Crippen LogP contribution in [0.3, 0.4) is 0 Å². The van der Waals surface area contributed by atoms with Crippen molar-refractivity contribution in [3.05, 3.63) is 35.7 Å². The first-order valence-corrected chi connectivity index (χ1v) is 6.87. The van der Waals surface area contributed by atoms with Gasteiger partial charge in [-0.2, -0.15) is 18.2 Å². The maximum Gasteiger partial charge on any atom is 0.416 e. The molecule has 1 aliphatic heterocycles. The lowest BCUT2D eigenvalue weighted by Gasteiger charge is -2.30. The van der Waals surface area contributed by atoms with Crippen molar-refractivity contribution in [3.63, 3.8) is 0 Å². The van der Waals surface area contributed by atoms with Gasteiger partial charge in [-0.25, -0.2) is 0 Å². The number of hydrogen-bond donors (Lipinski definition) is 1. The van der Waals surface area contributed by atoms with Crippen LogP contribution >= 0.6 is 12.4 Å². The molecule has 2 aromatic rings. The third kappa shape index (κ3) is 3.82. The number of aromatic nitrogens is 2. The van der Waals surface area contributed by atoms with E-state index in [4.69, 9.17) is 4.52 Å². The molecule has 1 fully saturated rings. The standard InChI is InChI=1S/C14H15F3N4O.ClH/c1-21-7-6-18-8-11(21)12-19-13(22-20-12)9-2-4-10(5-3-9)14(15,16)17;/h2-5,11,18H,6-8H2,1H3;1H. The highest BCUT2D eigenvalue weighted by Crippen LogP contribution is 2.31. The summed E-state index contributed by atoms with van der Waals surface area (Å²) in [5.74, 6) is 0.757. The highest BCUT2D eigenvalue weighted by Gasteiger charge is 2.30. The first-order chi connectivity index (χ1) is 10.4. The van der Waals surface area contributed by atoms with Gasteiger partial charge in [-0.05, 0) is 31.3 Å². The van der Waals surface area contributed by atoms with Crippen LogP contribution < -0.4 is 5.32 Å². The SMILES string of the molecule is CN1CCNCC1c1noc(-c2ccc(C(F)(F)F)cc2)n1.Cl.